The van der Waals surface area contributed by atoms with E-state index in [0.29, 0.717) is 10.6 Å². The maximum absolute atomic E-state index is 13.5. The van der Waals surface area contributed by atoms with Crippen LogP contribution in [0.3, 0.4) is 0 Å². The molecule has 0 bridgehead atoms. The Morgan fingerprint density at radius 3 is 2.12 bits per heavy atom. The molecular weight excluding hydrogens is 344 g/mol. The van der Waals surface area contributed by atoms with Crippen molar-refractivity contribution in [2.24, 2.45) is 0 Å². The number of nitrogens with zero attached hydrogens (tertiary/aromatic N) is 2. The zero-order chi connectivity index (χ0) is 17.9. The molecule has 0 saturated heterocycles. The number of amides is 1. The second kappa shape index (κ2) is 6.98. The third kappa shape index (κ3) is 2.82. The van der Waals surface area contributed by atoms with Crippen LogP contribution in [0.2, 0.25) is 0 Å². The van der Waals surface area contributed by atoms with Crippen molar-refractivity contribution in [3.05, 3.63) is 83.9 Å². The highest BCUT2D eigenvalue weighted by atomic mass is 32.1. The van der Waals surface area contributed by atoms with E-state index in [9.17, 15) is 4.79 Å². The summed E-state index contributed by atoms with van der Waals surface area (Å²) < 4.78 is 5.56. The number of pyridine rings is 1. The number of carbonyl (C=O) groups excluding carboxylic acids is 1. The molecule has 0 unspecified atom stereocenters. The molecule has 0 aliphatic carbocycles. The Hall–Kier alpha value is -3.18. The molecule has 4 aromatic rings. The lowest BCUT2D eigenvalue weighted by atomic mass is 10.2. The molecule has 4 rings (SSSR count). The molecule has 0 radical (unpaired) electrons. The summed E-state index contributed by atoms with van der Waals surface area (Å²) in [4.78, 5) is 20.9. The summed E-state index contributed by atoms with van der Waals surface area (Å²) in [5, 5.41) is 0.851. The predicted molar refractivity (Wildman–Crippen MR) is 106 cm³/mol. The van der Waals surface area contributed by atoms with Gasteiger partial charge in [0.25, 0.3) is 5.91 Å². The lowest BCUT2D eigenvalue weighted by molar-refractivity contribution is 0.100. The summed E-state index contributed by atoms with van der Waals surface area (Å²) in [6.45, 7) is 0. The summed E-state index contributed by atoms with van der Waals surface area (Å²) in [5.41, 5.74) is 1.60. The van der Waals surface area contributed by atoms with Gasteiger partial charge in [-0.05, 0) is 36.4 Å². The number of fused-ring (bicyclic) bond motifs is 1. The van der Waals surface area contributed by atoms with E-state index in [1.807, 2.05) is 72.8 Å². The zero-order valence-electron chi connectivity index (χ0n) is 14.1. The highest BCUT2D eigenvalue weighted by Crippen LogP contribution is 2.39. The van der Waals surface area contributed by atoms with Gasteiger partial charge in [-0.25, -0.2) is 4.98 Å². The monoisotopic (exact) mass is 360 g/mol. The molecule has 2 aromatic carbocycles. The molecule has 0 N–H and O–H groups in total. The lowest BCUT2D eigenvalue weighted by Gasteiger charge is -2.22. The Bertz CT molecular complexity index is 1010. The largest absolute Gasteiger partial charge is 0.494 e. The third-order valence-corrected chi connectivity index (χ3v) is 5.13. The summed E-state index contributed by atoms with van der Waals surface area (Å²) in [6, 6.07) is 23.0. The number of thiophene rings is 1. The molecule has 0 spiro atoms. The standard InChI is InChI=1S/C21H16N2O2S/c1-25-18-17-13-8-14-22-20(17)26-19(18)21(24)23(15-9-4-2-5-10-15)16-11-6-3-7-12-16/h2-14H,1H3. The van der Waals surface area contributed by atoms with Gasteiger partial charge in [-0.3, -0.25) is 9.69 Å². The minimum absolute atomic E-state index is 0.137. The summed E-state index contributed by atoms with van der Waals surface area (Å²) in [6.07, 6.45) is 1.72. The topological polar surface area (TPSA) is 42.4 Å². The van der Waals surface area contributed by atoms with Crippen molar-refractivity contribution in [1.82, 2.24) is 4.98 Å². The fraction of sp³-hybridized carbons (Fsp3) is 0.0476. The van der Waals surface area contributed by atoms with Crippen molar-refractivity contribution < 1.29 is 9.53 Å². The van der Waals surface area contributed by atoms with E-state index >= 15 is 0 Å². The number of aromatic nitrogens is 1. The molecule has 0 saturated carbocycles. The zero-order valence-corrected chi connectivity index (χ0v) is 14.9. The molecule has 2 heterocycles. The number of benzene rings is 2. The van der Waals surface area contributed by atoms with Crippen molar-refractivity contribution in [3.8, 4) is 5.75 Å². The van der Waals surface area contributed by atoms with Crippen molar-refractivity contribution in [1.29, 1.82) is 0 Å². The summed E-state index contributed by atoms with van der Waals surface area (Å²) in [5.74, 6) is 0.433. The first-order chi connectivity index (χ1) is 12.8. The van der Waals surface area contributed by atoms with Crippen LogP contribution >= 0.6 is 11.3 Å². The first kappa shape index (κ1) is 16.3. The fourth-order valence-corrected chi connectivity index (χ4v) is 3.94. The molecular formula is C21H16N2O2S. The molecule has 2 aromatic heterocycles. The Labute approximate surface area is 155 Å². The van der Waals surface area contributed by atoms with E-state index in [-0.39, 0.29) is 5.91 Å². The molecule has 0 aliphatic rings. The highest BCUT2D eigenvalue weighted by Gasteiger charge is 2.26. The maximum Gasteiger partial charge on any atom is 0.276 e. The van der Waals surface area contributed by atoms with Crippen LogP contribution in [0.25, 0.3) is 10.2 Å². The highest BCUT2D eigenvalue weighted by molar-refractivity contribution is 7.21. The average Bonchev–Trinajstić information content (AvgIpc) is 3.08. The van der Waals surface area contributed by atoms with Gasteiger partial charge in [0.15, 0.2) is 5.75 Å². The number of carbonyl (C=O) groups is 1. The molecule has 1 amide bonds. The van der Waals surface area contributed by atoms with E-state index in [2.05, 4.69) is 4.98 Å². The Morgan fingerprint density at radius 2 is 1.54 bits per heavy atom. The number of rotatable bonds is 4. The summed E-state index contributed by atoms with van der Waals surface area (Å²) in [7, 11) is 1.58. The number of hydrogen-bond donors (Lipinski definition) is 0. The molecule has 26 heavy (non-hydrogen) atoms. The average molecular weight is 360 g/mol. The number of hydrogen-bond acceptors (Lipinski definition) is 4. The van der Waals surface area contributed by atoms with Gasteiger partial charge in [0, 0.05) is 17.6 Å². The van der Waals surface area contributed by atoms with E-state index < -0.39 is 0 Å². The van der Waals surface area contributed by atoms with Gasteiger partial charge in [0.05, 0.1) is 12.5 Å². The fourth-order valence-electron chi connectivity index (χ4n) is 2.89. The predicted octanol–water partition coefficient (Wildman–Crippen LogP) is 5.28. The van der Waals surface area contributed by atoms with Crippen LogP contribution in [0.5, 0.6) is 5.75 Å². The number of para-hydroxylation sites is 2. The first-order valence-electron chi connectivity index (χ1n) is 8.15. The lowest BCUT2D eigenvalue weighted by Crippen LogP contribution is -2.25. The quantitative estimate of drug-likeness (QED) is 0.497. The maximum atomic E-state index is 13.5. The molecule has 0 atom stereocenters. The van der Waals surface area contributed by atoms with Crippen LogP contribution in [-0.4, -0.2) is 18.0 Å². The van der Waals surface area contributed by atoms with E-state index in [4.69, 9.17) is 4.74 Å². The smallest absolute Gasteiger partial charge is 0.276 e. The van der Waals surface area contributed by atoms with Gasteiger partial charge >= 0.3 is 0 Å². The van der Waals surface area contributed by atoms with Crippen LogP contribution in [-0.2, 0) is 0 Å². The number of methoxy groups -OCH3 is 1. The van der Waals surface area contributed by atoms with Gasteiger partial charge < -0.3 is 4.74 Å². The minimum atomic E-state index is -0.137. The van der Waals surface area contributed by atoms with Gasteiger partial charge in [0.1, 0.15) is 9.71 Å². The van der Waals surface area contributed by atoms with Crippen molar-refractivity contribution in [2.75, 3.05) is 12.0 Å². The van der Waals surface area contributed by atoms with Crippen LogP contribution in [0.1, 0.15) is 9.67 Å². The first-order valence-corrected chi connectivity index (χ1v) is 8.97. The van der Waals surface area contributed by atoms with Gasteiger partial charge in [-0.2, -0.15) is 0 Å². The van der Waals surface area contributed by atoms with E-state index in [1.165, 1.54) is 11.3 Å². The van der Waals surface area contributed by atoms with Crippen LogP contribution in [0, 0.1) is 0 Å². The Kier molecular flexibility index (Phi) is 4.37. The molecule has 0 aliphatic heterocycles. The van der Waals surface area contributed by atoms with E-state index in [1.54, 1.807) is 18.2 Å². The van der Waals surface area contributed by atoms with Crippen LogP contribution in [0.15, 0.2) is 79.0 Å². The van der Waals surface area contributed by atoms with E-state index in [0.717, 1.165) is 21.6 Å². The minimum Gasteiger partial charge on any atom is -0.494 e. The third-order valence-electron chi connectivity index (χ3n) is 4.05. The number of ether oxygens (including phenoxy) is 1. The Morgan fingerprint density at radius 1 is 0.923 bits per heavy atom. The van der Waals surface area contributed by atoms with Crippen LogP contribution in [0.4, 0.5) is 11.4 Å². The normalized spacial score (nSPS) is 10.7. The molecule has 5 heteroatoms. The number of anilines is 2. The second-order valence-electron chi connectivity index (χ2n) is 5.63. The molecule has 128 valence electrons. The van der Waals surface area contributed by atoms with Crippen LogP contribution < -0.4 is 9.64 Å². The Balaban J connectivity index is 1.88. The molecule has 4 nitrogen and oxygen atoms in total. The summed E-state index contributed by atoms with van der Waals surface area (Å²) >= 11 is 1.35. The van der Waals surface area contributed by atoms with Gasteiger partial charge in [-0.1, -0.05) is 36.4 Å². The second-order valence-corrected chi connectivity index (χ2v) is 6.63. The van der Waals surface area contributed by atoms with Crippen molar-refractivity contribution >= 4 is 38.8 Å². The van der Waals surface area contributed by atoms with Gasteiger partial charge in [-0.15, -0.1) is 11.3 Å². The molecule has 0 fully saturated rings. The SMILES string of the molecule is COc1c(C(=O)N(c2ccccc2)c2ccccc2)sc2ncccc12. The van der Waals surface area contributed by atoms with Crippen molar-refractivity contribution in [3.63, 3.8) is 0 Å². The van der Waals surface area contributed by atoms with Gasteiger partial charge in [0.2, 0.25) is 0 Å². The van der Waals surface area contributed by atoms with Crippen molar-refractivity contribution in [2.45, 2.75) is 0 Å².